The van der Waals surface area contributed by atoms with Gasteiger partial charge in [0.15, 0.2) is 5.96 Å². The Bertz CT molecular complexity index is 630. The van der Waals surface area contributed by atoms with Gasteiger partial charge < -0.3 is 19.7 Å². The highest BCUT2D eigenvalue weighted by atomic mass is 127. The Kier molecular flexibility index (Phi) is 9.43. The van der Waals surface area contributed by atoms with Crippen molar-refractivity contribution in [2.24, 2.45) is 4.99 Å². The van der Waals surface area contributed by atoms with Crippen molar-refractivity contribution in [2.45, 2.75) is 44.1 Å². The van der Waals surface area contributed by atoms with E-state index < -0.39 is 0 Å². The second kappa shape index (κ2) is 11.3. The van der Waals surface area contributed by atoms with Crippen molar-refractivity contribution in [3.63, 3.8) is 0 Å². The number of guanidine groups is 1. The monoisotopic (exact) mass is 505 g/mol. The number of hydrogen-bond donors (Lipinski definition) is 1. The molecule has 0 amide bonds. The fraction of sp³-hybridized carbons (Fsp3) is 0.667. The molecule has 158 valence electrons. The highest BCUT2D eigenvalue weighted by molar-refractivity contribution is 14.0. The van der Waals surface area contributed by atoms with E-state index in [1.54, 1.807) is 12.1 Å². The van der Waals surface area contributed by atoms with Crippen LogP contribution in [0.4, 0.5) is 4.39 Å². The van der Waals surface area contributed by atoms with Gasteiger partial charge in [0.1, 0.15) is 5.82 Å². The number of rotatable bonds is 5. The molecular weight excluding hydrogens is 472 g/mol. The summed E-state index contributed by atoms with van der Waals surface area (Å²) in [7, 11) is 1.83. The number of aliphatic imine (C=N–C) groups is 1. The lowest BCUT2D eigenvalue weighted by molar-refractivity contribution is 0.0259. The first-order chi connectivity index (χ1) is 13.2. The summed E-state index contributed by atoms with van der Waals surface area (Å²) >= 11 is 0. The van der Waals surface area contributed by atoms with E-state index in [2.05, 4.69) is 15.2 Å². The lowest BCUT2D eigenvalue weighted by Crippen LogP contribution is -2.51. The topological polar surface area (TPSA) is 46.1 Å². The van der Waals surface area contributed by atoms with E-state index in [0.29, 0.717) is 19.3 Å². The molecule has 0 saturated carbocycles. The van der Waals surface area contributed by atoms with E-state index >= 15 is 0 Å². The zero-order valence-electron chi connectivity index (χ0n) is 17.0. The quantitative estimate of drug-likeness (QED) is 0.378. The molecule has 0 radical (unpaired) electrons. The zero-order valence-corrected chi connectivity index (χ0v) is 19.3. The molecule has 7 heteroatoms. The minimum absolute atomic E-state index is 0. The van der Waals surface area contributed by atoms with Crippen LogP contribution in [0.15, 0.2) is 29.3 Å². The molecule has 0 unspecified atom stereocenters. The Labute approximate surface area is 185 Å². The van der Waals surface area contributed by atoms with E-state index in [0.717, 1.165) is 63.4 Å². The summed E-state index contributed by atoms with van der Waals surface area (Å²) in [4.78, 5) is 6.79. The summed E-state index contributed by atoms with van der Waals surface area (Å²) in [5.41, 5.74) is 0.920. The molecule has 3 rings (SSSR count). The molecule has 0 aliphatic carbocycles. The molecule has 2 heterocycles. The standard InChI is InChI=1S/C21H32FN3O2.HI/c1-3-27-19-7-11-25(12-8-19)20(23-2)24-16-21(9-13-26-14-10-21)17-5-4-6-18(22)15-17;/h4-6,15,19H,3,7-14,16H2,1-2H3,(H,23,24);1H. The third-order valence-corrected chi connectivity index (χ3v) is 5.83. The highest BCUT2D eigenvalue weighted by Crippen LogP contribution is 2.34. The molecular formula is C21H33FIN3O2. The van der Waals surface area contributed by atoms with Gasteiger partial charge in [-0.05, 0) is 50.3 Å². The average molecular weight is 505 g/mol. The molecule has 1 N–H and O–H groups in total. The van der Waals surface area contributed by atoms with Crippen LogP contribution in [0.1, 0.15) is 38.2 Å². The predicted octanol–water partition coefficient (Wildman–Crippen LogP) is 3.57. The Balaban J connectivity index is 0.00000280. The maximum atomic E-state index is 13.9. The molecule has 0 spiro atoms. The summed E-state index contributed by atoms with van der Waals surface area (Å²) in [5.74, 6) is 0.743. The van der Waals surface area contributed by atoms with Gasteiger partial charge in [-0.25, -0.2) is 4.39 Å². The van der Waals surface area contributed by atoms with Crippen molar-refractivity contribution in [1.29, 1.82) is 0 Å². The number of piperidine rings is 1. The fourth-order valence-electron chi connectivity index (χ4n) is 4.20. The van der Waals surface area contributed by atoms with Gasteiger partial charge in [0.2, 0.25) is 0 Å². The largest absolute Gasteiger partial charge is 0.381 e. The first-order valence-electron chi connectivity index (χ1n) is 10.1. The third-order valence-electron chi connectivity index (χ3n) is 5.83. The first kappa shape index (κ1) is 23.3. The Morgan fingerprint density at radius 2 is 2.04 bits per heavy atom. The highest BCUT2D eigenvalue weighted by Gasteiger charge is 2.35. The Hall–Kier alpha value is -0.930. The van der Waals surface area contributed by atoms with Crippen LogP contribution in [-0.4, -0.2) is 63.5 Å². The minimum Gasteiger partial charge on any atom is -0.381 e. The predicted molar refractivity (Wildman–Crippen MR) is 121 cm³/mol. The maximum absolute atomic E-state index is 13.9. The minimum atomic E-state index is -0.180. The van der Waals surface area contributed by atoms with Gasteiger partial charge in [-0.2, -0.15) is 0 Å². The number of benzene rings is 1. The normalized spacial score (nSPS) is 20.5. The van der Waals surface area contributed by atoms with Crippen LogP contribution in [0.2, 0.25) is 0 Å². The zero-order chi connectivity index (χ0) is 19.1. The van der Waals surface area contributed by atoms with Crippen LogP contribution in [0, 0.1) is 5.82 Å². The number of ether oxygens (including phenoxy) is 2. The molecule has 5 nitrogen and oxygen atoms in total. The molecule has 2 fully saturated rings. The summed E-state index contributed by atoms with van der Waals surface area (Å²) in [6, 6.07) is 7.01. The van der Waals surface area contributed by atoms with Gasteiger partial charge in [0.25, 0.3) is 0 Å². The molecule has 2 saturated heterocycles. The van der Waals surface area contributed by atoms with Crippen LogP contribution >= 0.6 is 24.0 Å². The van der Waals surface area contributed by atoms with Crippen LogP contribution < -0.4 is 5.32 Å². The molecule has 1 aromatic carbocycles. The lowest BCUT2D eigenvalue weighted by Gasteiger charge is -2.40. The Morgan fingerprint density at radius 3 is 2.64 bits per heavy atom. The average Bonchev–Trinajstić information content (AvgIpc) is 2.70. The Morgan fingerprint density at radius 1 is 1.32 bits per heavy atom. The molecule has 28 heavy (non-hydrogen) atoms. The van der Waals surface area contributed by atoms with E-state index in [1.165, 1.54) is 6.07 Å². The number of nitrogens with zero attached hydrogens (tertiary/aromatic N) is 2. The maximum Gasteiger partial charge on any atom is 0.193 e. The van der Waals surface area contributed by atoms with E-state index in [1.807, 2.05) is 20.0 Å². The molecule has 0 bridgehead atoms. The molecule has 0 aromatic heterocycles. The molecule has 2 aliphatic heterocycles. The smallest absolute Gasteiger partial charge is 0.193 e. The van der Waals surface area contributed by atoms with Crippen LogP contribution in [-0.2, 0) is 14.9 Å². The second-order valence-corrected chi connectivity index (χ2v) is 7.45. The van der Waals surface area contributed by atoms with E-state index in [4.69, 9.17) is 9.47 Å². The van der Waals surface area contributed by atoms with Crippen molar-refractivity contribution in [3.05, 3.63) is 35.6 Å². The third kappa shape index (κ3) is 5.79. The number of halogens is 2. The van der Waals surface area contributed by atoms with Crippen molar-refractivity contribution >= 4 is 29.9 Å². The fourth-order valence-corrected chi connectivity index (χ4v) is 4.20. The van der Waals surface area contributed by atoms with Crippen LogP contribution in [0.25, 0.3) is 0 Å². The summed E-state index contributed by atoms with van der Waals surface area (Å²) < 4.78 is 25.2. The summed E-state index contributed by atoms with van der Waals surface area (Å²) in [5, 5.41) is 3.57. The van der Waals surface area contributed by atoms with Gasteiger partial charge >= 0.3 is 0 Å². The van der Waals surface area contributed by atoms with Crippen molar-refractivity contribution < 1.29 is 13.9 Å². The first-order valence-corrected chi connectivity index (χ1v) is 10.1. The van der Waals surface area contributed by atoms with Crippen molar-refractivity contribution in [3.8, 4) is 0 Å². The second-order valence-electron chi connectivity index (χ2n) is 7.45. The van der Waals surface area contributed by atoms with Crippen molar-refractivity contribution in [2.75, 3.05) is 46.5 Å². The number of nitrogens with one attached hydrogen (secondary N) is 1. The van der Waals surface area contributed by atoms with E-state index in [9.17, 15) is 4.39 Å². The van der Waals surface area contributed by atoms with Crippen LogP contribution in [0.5, 0.6) is 0 Å². The van der Waals surface area contributed by atoms with Gasteiger partial charge in [0, 0.05) is 51.9 Å². The molecule has 2 aliphatic rings. The van der Waals surface area contributed by atoms with Gasteiger partial charge in [-0.3, -0.25) is 4.99 Å². The number of hydrogen-bond acceptors (Lipinski definition) is 3. The number of likely N-dealkylation sites (tertiary alicyclic amines) is 1. The SMILES string of the molecule is CCOC1CCN(C(=NC)NCC2(c3cccc(F)c3)CCOCC2)CC1.I. The summed E-state index contributed by atoms with van der Waals surface area (Å²) in [6.07, 6.45) is 4.17. The van der Waals surface area contributed by atoms with Gasteiger partial charge in [-0.1, -0.05) is 12.1 Å². The lowest BCUT2D eigenvalue weighted by atomic mass is 9.74. The van der Waals surface area contributed by atoms with Crippen molar-refractivity contribution in [1.82, 2.24) is 10.2 Å². The van der Waals surface area contributed by atoms with Crippen LogP contribution in [0.3, 0.4) is 0 Å². The summed E-state index contributed by atoms with van der Waals surface area (Å²) in [6.45, 7) is 6.86. The van der Waals surface area contributed by atoms with Gasteiger partial charge in [-0.15, -0.1) is 24.0 Å². The molecule has 1 aromatic rings. The van der Waals surface area contributed by atoms with Gasteiger partial charge in [0.05, 0.1) is 6.10 Å². The van der Waals surface area contributed by atoms with E-state index in [-0.39, 0.29) is 35.2 Å². The molecule has 0 atom stereocenters.